The average molecular weight is 253 g/mol. The average Bonchev–Trinajstić information content (AvgIpc) is 2.38. The summed E-state index contributed by atoms with van der Waals surface area (Å²) in [4.78, 5) is 1.28. The summed E-state index contributed by atoms with van der Waals surface area (Å²) in [5.74, 6) is 1.33. The molecule has 0 aliphatic carbocycles. The number of benzene rings is 1. The van der Waals surface area contributed by atoms with E-state index in [1.165, 1.54) is 10.5 Å². The summed E-state index contributed by atoms with van der Waals surface area (Å²) in [5, 5.41) is 12.3. The lowest BCUT2D eigenvalue weighted by atomic mass is 10.1. The van der Waals surface area contributed by atoms with E-state index in [0.717, 1.165) is 12.2 Å². The molecule has 0 radical (unpaired) electrons. The first-order valence-corrected chi connectivity index (χ1v) is 7.20. The molecule has 0 aliphatic heterocycles. The van der Waals surface area contributed by atoms with Crippen molar-refractivity contribution >= 4 is 11.8 Å². The van der Waals surface area contributed by atoms with E-state index < -0.39 is 0 Å². The smallest absolute Gasteiger partial charge is 0.0464 e. The van der Waals surface area contributed by atoms with Crippen LogP contribution in [0.4, 0.5) is 0 Å². The molecule has 0 saturated carbocycles. The largest absolute Gasteiger partial charge is 0.396 e. The summed E-state index contributed by atoms with van der Waals surface area (Å²) in [6.07, 6.45) is 1.10. The van der Waals surface area contributed by atoms with Gasteiger partial charge < -0.3 is 10.4 Å². The standard InChI is InChI=1S/C14H23NOS/c1-4-14(15-3)12-5-7-13(8-6-12)17-10-11(2)9-16/h5-8,11,14-16H,4,9-10H2,1-3H3. The van der Waals surface area contributed by atoms with Crippen molar-refractivity contribution in [2.45, 2.75) is 31.2 Å². The van der Waals surface area contributed by atoms with E-state index >= 15 is 0 Å². The van der Waals surface area contributed by atoms with E-state index in [1.54, 1.807) is 0 Å². The van der Waals surface area contributed by atoms with Crippen molar-refractivity contribution in [1.29, 1.82) is 0 Å². The Morgan fingerprint density at radius 1 is 1.29 bits per heavy atom. The van der Waals surface area contributed by atoms with Crippen molar-refractivity contribution in [2.24, 2.45) is 5.92 Å². The Morgan fingerprint density at radius 2 is 1.94 bits per heavy atom. The van der Waals surface area contributed by atoms with Crippen molar-refractivity contribution < 1.29 is 5.11 Å². The van der Waals surface area contributed by atoms with Crippen LogP contribution in [0.1, 0.15) is 31.9 Å². The van der Waals surface area contributed by atoms with Crippen LogP contribution in [0.2, 0.25) is 0 Å². The van der Waals surface area contributed by atoms with Crippen LogP contribution in [-0.2, 0) is 0 Å². The third-order valence-electron chi connectivity index (χ3n) is 2.89. The second-order valence-corrected chi connectivity index (χ2v) is 5.51. The molecule has 0 aromatic heterocycles. The molecule has 1 aromatic rings. The van der Waals surface area contributed by atoms with Crippen LogP contribution < -0.4 is 5.32 Å². The van der Waals surface area contributed by atoms with Gasteiger partial charge in [-0.05, 0) is 37.1 Å². The first-order valence-electron chi connectivity index (χ1n) is 6.22. The van der Waals surface area contributed by atoms with E-state index in [2.05, 4.69) is 43.4 Å². The van der Waals surface area contributed by atoms with Gasteiger partial charge in [0.2, 0.25) is 0 Å². The van der Waals surface area contributed by atoms with E-state index in [4.69, 9.17) is 5.11 Å². The normalized spacial score (nSPS) is 14.6. The van der Waals surface area contributed by atoms with Gasteiger partial charge in [0.15, 0.2) is 0 Å². The number of nitrogens with one attached hydrogen (secondary N) is 1. The van der Waals surface area contributed by atoms with E-state index in [1.807, 2.05) is 18.8 Å². The Balaban J connectivity index is 2.55. The zero-order valence-electron chi connectivity index (χ0n) is 10.9. The first kappa shape index (κ1) is 14.6. The molecule has 0 spiro atoms. The van der Waals surface area contributed by atoms with Gasteiger partial charge in [-0.15, -0.1) is 11.8 Å². The van der Waals surface area contributed by atoms with Crippen molar-refractivity contribution in [2.75, 3.05) is 19.4 Å². The molecule has 1 rings (SSSR count). The highest BCUT2D eigenvalue weighted by Crippen LogP contribution is 2.23. The first-order chi connectivity index (χ1) is 8.21. The van der Waals surface area contributed by atoms with Crippen LogP contribution in [0.15, 0.2) is 29.2 Å². The Hall–Kier alpha value is -0.510. The van der Waals surface area contributed by atoms with Crippen molar-refractivity contribution in [3.05, 3.63) is 29.8 Å². The summed E-state index contributed by atoms with van der Waals surface area (Å²) in [6, 6.07) is 9.17. The molecule has 2 N–H and O–H groups in total. The van der Waals surface area contributed by atoms with E-state index in [-0.39, 0.29) is 6.61 Å². The SMILES string of the molecule is CCC(NC)c1ccc(SCC(C)CO)cc1. The van der Waals surface area contributed by atoms with Crippen LogP contribution >= 0.6 is 11.8 Å². The second kappa shape index (κ2) is 7.75. The minimum absolute atomic E-state index is 0.267. The van der Waals surface area contributed by atoms with Gasteiger partial charge in [0.25, 0.3) is 0 Å². The molecule has 2 atom stereocenters. The third kappa shape index (κ3) is 4.70. The Morgan fingerprint density at radius 3 is 2.41 bits per heavy atom. The van der Waals surface area contributed by atoms with Gasteiger partial charge in [-0.3, -0.25) is 0 Å². The minimum Gasteiger partial charge on any atom is -0.396 e. The molecule has 0 bridgehead atoms. The molecule has 2 nitrogen and oxygen atoms in total. The van der Waals surface area contributed by atoms with E-state index in [9.17, 15) is 0 Å². The van der Waals surface area contributed by atoms with Crippen molar-refractivity contribution in [3.63, 3.8) is 0 Å². The third-order valence-corrected chi connectivity index (χ3v) is 4.23. The lowest BCUT2D eigenvalue weighted by molar-refractivity contribution is 0.250. The molecule has 0 fully saturated rings. The predicted molar refractivity (Wildman–Crippen MR) is 75.5 cm³/mol. The highest BCUT2D eigenvalue weighted by atomic mass is 32.2. The Bertz CT molecular complexity index is 309. The zero-order valence-corrected chi connectivity index (χ0v) is 11.8. The van der Waals surface area contributed by atoms with Gasteiger partial charge in [0.05, 0.1) is 0 Å². The predicted octanol–water partition coefficient (Wildman–Crippen LogP) is 3.08. The molecular formula is C14H23NOS. The van der Waals surface area contributed by atoms with Gasteiger partial charge >= 0.3 is 0 Å². The van der Waals surface area contributed by atoms with Crippen LogP contribution in [-0.4, -0.2) is 24.5 Å². The van der Waals surface area contributed by atoms with Crippen LogP contribution in [0.25, 0.3) is 0 Å². The van der Waals surface area contributed by atoms with Gasteiger partial charge in [0.1, 0.15) is 0 Å². The number of aliphatic hydroxyl groups excluding tert-OH is 1. The van der Waals surface area contributed by atoms with Gasteiger partial charge in [0, 0.05) is 23.3 Å². The molecule has 0 saturated heterocycles. The molecule has 2 unspecified atom stereocenters. The molecule has 96 valence electrons. The number of hydrogen-bond donors (Lipinski definition) is 2. The van der Waals surface area contributed by atoms with Crippen molar-refractivity contribution in [3.8, 4) is 0 Å². The van der Waals surface area contributed by atoms with Crippen LogP contribution in [0.5, 0.6) is 0 Å². The number of hydrogen-bond acceptors (Lipinski definition) is 3. The van der Waals surface area contributed by atoms with Gasteiger partial charge in [-0.2, -0.15) is 0 Å². The summed E-state index contributed by atoms with van der Waals surface area (Å²) in [5.41, 5.74) is 1.34. The Labute approximate surface area is 109 Å². The molecule has 3 heteroatoms. The van der Waals surface area contributed by atoms with Crippen LogP contribution in [0, 0.1) is 5.92 Å². The molecule has 0 heterocycles. The quantitative estimate of drug-likeness (QED) is 0.733. The lowest BCUT2D eigenvalue weighted by Gasteiger charge is -2.14. The monoisotopic (exact) mass is 253 g/mol. The maximum Gasteiger partial charge on any atom is 0.0464 e. The topological polar surface area (TPSA) is 32.3 Å². The maximum atomic E-state index is 8.97. The molecule has 0 aliphatic rings. The number of rotatable bonds is 7. The summed E-state index contributed by atoms with van der Waals surface area (Å²) in [6.45, 7) is 4.52. The summed E-state index contributed by atoms with van der Waals surface area (Å²) >= 11 is 1.81. The van der Waals surface area contributed by atoms with Gasteiger partial charge in [-0.25, -0.2) is 0 Å². The van der Waals surface area contributed by atoms with Crippen LogP contribution in [0.3, 0.4) is 0 Å². The fourth-order valence-electron chi connectivity index (χ4n) is 1.69. The van der Waals surface area contributed by atoms with Gasteiger partial charge in [-0.1, -0.05) is 26.0 Å². The van der Waals surface area contributed by atoms with Crippen molar-refractivity contribution in [1.82, 2.24) is 5.32 Å². The minimum atomic E-state index is 0.267. The lowest BCUT2D eigenvalue weighted by Crippen LogP contribution is -2.14. The summed E-state index contributed by atoms with van der Waals surface area (Å²) < 4.78 is 0. The number of thioether (sulfide) groups is 1. The highest BCUT2D eigenvalue weighted by Gasteiger charge is 2.06. The number of aliphatic hydroxyl groups is 1. The van der Waals surface area contributed by atoms with E-state index in [0.29, 0.717) is 12.0 Å². The summed E-state index contributed by atoms with van der Waals surface area (Å²) in [7, 11) is 2.00. The highest BCUT2D eigenvalue weighted by molar-refractivity contribution is 7.99. The molecule has 17 heavy (non-hydrogen) atoms. The maximum absolute atomic E-state index is 8.97. The molecular weight excluding hydrogens is 230 g/mol. The fraction of sp³-hybridized carbons (Fsp3) is 0.571. The molecule has 1 aromatic carbocycles. The molecule has 0 amide bonds. The zero-order chi connectivity index (χ0) is 12.7. The Kier molecular flexibility index (Phi) is 6.63. The second-order valence-electron chi connectivity index (χ2n) is 4.42. The fourth-order valence-corrected chi connectivity index (χ4v) is 2.60.